The van der Waals surface area contributed by atoms with Crippen molar-refractivity contribution in [3.05, 3.63) is 75.6 Å². The zero-order valence-electron chi connectivity index (χ0n) is 18.5. The van der Waals surface area contributed by atoms with Gasteiger partial charge in [0.2, 0.25) is 11.8 Å². The molecule has 0 aliphatic carbocycles. The summed E-state index contributed by atoms with van der Waals surface area (Å²) >= 11 is 6.27. The number of benzene rings is 2. The molecule has 1 heterocycles. The van der Waals surface area contributed by atoms with Gasteiger partial charge < -0.3 is 10.2 Å². The molecule has 0 saturated heterocycles. The summed E-state index contributed by atoms with van der Waals surface area (Å²) in [5, 5.41) is 8.21. The van der Waals surface area contributed by atoms with Crippen LogP contribution in [0.5, 0.6) is 0 Å². The lowest BCUT2D eigenvalue weighted by Crippen LogP contribution is -2.23. The number of carbonyl (C=O) groups is 2. The second kappa shape index (κ2) is 9.35. The van der Waals surface area contributed by atoms with E-state index in [4.69, 9.17) is 11.6 Å². The Kier molecular flexibility index (Phi) is 6.81. The quantitative estimate of drug-likeness (QED) is 0.625. The maximum Gasteiger partial charge on any atom is 0.228 e. The highest BCUT2D eigenvalue weighted by molar-refractivity contribution is 6.31. The normalized spacial score (nSPS) is 10.8. The molecule has 1 N–H and O–H groups in total. The van der Waals surface area contributed by atoms with Crippen LogP contribution < -0.4 is 5.32 Å². The third kappa shape index (κ3) is 5.33. The van der Waals surface area contributed by atoms with E-state index < -0.39 is 0 Å². The molecule has 0 saturated carbocycles. The number of rotatable bonds is 6. The third-order valence-corrected chi connectivity index (χ3v) is 5.68. The van der Waals surface area contributed by atoms with Crippen molar-refractivity contribution in [2.75, 3.05) is 19.4 Å². The highest BCUT2D eigenvalue weighted by Gasteiger charge is 2.17. The molecule has 7 heteroatoms. The van der Waals surface area contributed by atoms with Crippen LogP contribution in [0, 0.1) is 20.8 Å². The molecule has 0 fully saturated rings. The van der Waals surface area contributed by atoms with Gasteiger partial charge in [0.25, 0.3) is 0 Å². The van der Waals surface area contributed by atoms with E-state index in [9.17, 15) is 9.59 Å². The second-order valence-electron chi connectivity index (χ2n) is 7.88. The van der Waals surface area contributed by atoms with Crippen molar-refractivity contribution in [1.29, 1.82) is 0 Å². The van der Waals surface area contributed by atoms with Crippen LogP contribution >= 0.6 is 11.6 Å². The van der Waals surface area contributed by atoms with Crippen molar-refractivity contribution in [1.82, 2.24) is 14.7 Å². The van der Waals surface area contributed by atoms with Gasteiger partial charge in [-0.05, 0) is 56.2 Å². The third-order valence-electron chi connectivity index (χ3n) is 5.27. The molecule has 0 spiro atoms. The molecule has 0 aliphatic heterocycles. The number of carbonyl (C=O) groups excluding carboxylic acids is 2. The molecule has 0 bridgehead atoms. The number of amides is 2. The van der Waals surface area contributed by atoms with Crippen LogP contribution in [0.2, 0.25) is 5.02 Å². The Balaban J connectivity index is 1.70. The van der Waals surface area contributed by atoms with E-state index >= 15 is 0 Å². The van der Waals surface area contributed by atoms with Gasteiger partial charge >= 0.3 is 0 Å². The standard InChI is InChI=1S/C24H27ClN4O2/c1-15-6-11-20(13-22(15)25)29-17(3)21(16(2)27-29)14-23(30)26-19-9-7-18(8-10-19)12-24(31)28(4)5/h6-11,13H,12,14H2,1-5H3,(H,26,30). The van der Waals surface area contributed by atoms with E-state index in [1.165, 1.54) is 0 Å². The van der Waals surface area contributed by atoms with Crippen molar-refractivity contribution in [2.45, 2.75) is 33.6 Å². The van der Waals surface area contributed by atoms with Crippen molar-refractivity contribution in [2.24, 2.45) is 0 Å². The minimum Gasteiger partial charge on any atom is -0.349 e. The maximum absolute atomic E-state index is 12.7. The monoisotopic (exact) mass is 438 g/mol. The molecule has 1 aromatic heterocycles. The summed E-state index contributed by atoms with van der Waals surface area (Å²) in [7, 11) is 3.47. The van der Waals surface area contributed by atoms with Gasteiger partial charge in [-0.25, -0.2) is 4.68 Å². The Hall–Kier alpha value is -3.12. The average Bonchev–Trinajstić information content (AvgIpc) is 2.99. The van der Waals surface area contributed by atoms with Gasteiger partial charge in [0.15, 0.2) is 0 Å². The lowest BCUT2D eigenvalue weighted by atomic mass is 10.1. The number of hydrogen-bond acceptors (Lipinski definition) is 3. The van der Waals surface area contributed by atoms with Gasteiger partial charge in [-0.3, -0.25) is 9.59 Å². The fourth-order valence-corrected chi connectivity index (χ4v) is 3.47. The van der Waals surface area contributed by atoms with Crippen molar-refractivity contribution < 1.29 is 9.59 Å². The Morgan fingerprint density at radius 3 is 2.32 bits per heavy atom. The summed E-state index contributed by atoms with van der Waals surface area (Å²) in [5.41, 5.74) is 6.07. The SMILES string of the molecule is Cc1ccc(-n2nc(C)c(CC(=O)Nc3ccc(CC(=O)N(C)C)cc3)c2C)cc1Cl. The maximum atomic E-state index is 12.7. The number of nitrogens with one attached hydrogen (secondary N) is 1. The topological polar surface area (TPSA) is 67.2 Å². The highest BCUT2D eigenvalue weighted by atomic mass is 35.5. The van der Waals surface area contributed by atoms with Gasteiger partial charge in [-0.2, -0.15) is 5.10 Å². The van der Waals surface area contributed by atoms with Gasteiger partial charge in [-0.1, -0.05) is 29.8 Å². The molecule has 0 aliphatic rings. The summed E-state index contributed by atoms with van der Waals surface area (Å²) in [6, 6.07) is 13.1. The van der Waals surface area contributed by atoms with E-state index in [0.717, 1.165) is 33.8 Å². The fraction of sp³-hybridized carbons (Fsp3) is 0.292. The lowest BCUT2D eigenvalue weighted by molar-refractivity contribution is -0.128. The number of nitrogens with zero attached hydrogens (tertiary/aromatic N) is 3. The summed E-state index contributed by atoms with van der Waals surface area (Å²) < 4.78 is 1.82. The molecular weight excluding hydrogens is 412 g/mol. The highest BCUT2D eigenvalue weighted by Crippen LogP contribution is 2.23. The first-order chi connectivity index (χ1) is 14.7. The summed E-state index contributed by atoms with van der Waals surface area (Å²) in [6.07, 6.45) is 0.556. The number of halogens is 1. The van der Waals surface area contributed by atoms with Crippen molar-refractivity contribution in [3.63, 3.8) is 0 Å². The lowest BCUT2D eigenvalue weighted by Gasteiger charge is -2.11. The molecule has 6 nitrogen and oxygen atoms in total. The predicted molar refractivity (Wildman–Crippen MR) is 124 cm³/mol. The molecule has 31 heavy (non-hydrogen) atoms. The van der Waals surface area contributed by atoms with Gasteiger partial charge in [0, 0.05) is 36.1 Å². The molecule has 3 aromatic rings. The molecule has 0 unspecified atom stereocenters. The minimum atomic E-state index is -0.121. The van der Waals surface area contributed by atoms with Crippen LogP contribution in [-0.2, 0) is 22.4 Å². The van der Waals surface area contributed by atoms with Crippen LogP contribution in [0.15, 0.2) is 42.5 Å². The van der Waals surface area contributed by atoms with E-state index in [-0.39, 0.29) is 18.2 Å². The first kappa shape index (κ1) is 22.6. The number of aromatic nitrogens is 2. The Morgan fingerprint density at radius 1 is 1.03 bits per heavy atom. The molecule has 2 aromatic carbocycles. The van der Waals surface area contributed by atoms with Crippen LogP contribution in [-0.4, -0.2) is 40.6 Å². The number of anilines is 1. The zero-order valence-corrected chi connectivity index (χ0v) is 19.2. The van der Waals surface area contributed by atoms with E-state index in [1.54, 1.807) is 19.0 Å². The van der Waals surface area contributed by atoms with Crippen molar-refractivity contribution in [3.8, 4) is 5.69 Å². The minimum absolute atomic E-state index is 0.0367. The fourth-order valence-electron chi connectivity index (χ4n) is 3.30. The van der Waals surface area contributed by atoms with E-state index in [2.05, 4.69) is 10.4 Å². The van der Waals surface area contributed by atoms with Crippen LogP contribution in [0.3, 0.4) is 0 Å². The smallest absolute Gasteiger partial charge is 0.228 e. The Bertz CT molecular complexity index is 1120. The largest absolute Gasteiger partial charge is 0.349 e. The van der Waals surface area contributed by atoms with Gasteiger partial charge in [-0.15, -0.1) is 0 Å². The Labute approximate surface area is 187 Å². The van der Waals surface area contributed by atoms with Crippen molar-refractivity contribution >= 4 is 29.1 Å². The van der Waals surface area contributed by atoms with E-state index in [0.29, 0.717) is 17.1 Å². The average molecular weight is 439 g/mol. The number of hydrogen-bond donors (Lipinski definition) is 1. The molecule has 0 radical (unpaired) electrons. The molecule has 0 atom stereocenters. The number of likely N-dealkylation sites (N-methyl/N-ethyl adjacent to an activating group) is 1. The molecule has 2 amide bonds. The van der Waals surface area contributed by atoms with Crippen LogP contribution in [0.4, 0.5) is 5.69 Å². The Morgan fingerprint density at radius 2 is 1.71 bits per heavy atom. The zero-order chi connectivity index (χ0) is 22.7. The van der Waals surface area contributed by atoms with E-state index in [1.807, 2.05) is 67.9 Å². The van der Waals surface area contributed by atoms with Gasteiger partial charge in [0.1, 0.15) is 0 Å². The number of aryl methyl sites for hydroxylation is 2. The predicted octanol–water partition coefficient (Wildman–Crippen LogP) is 4.26. The summed E-state index contributed by atoms with van der Waals surface area (Å²) in [5.74, 6) is -0.0839. The summed E-state index contributed by atoms with van der Waals surface area (Å²) in [4.78, 5) is 26.0. The first-order valence-corrected chi connectivity index (χ1v) is 10.4. The molecular formula is C24H27ClN4O2. The molecule has 162 valence electrons. The second-order valence-corrected chi connectivity index (χ2v) is 8.29. The van der Waals surface area contributed by atoms with Crippen LogP contribution in [0.1, 0.15) is 28.1 Å². The first-order valence-electron chi connectivity index (χ1n) is 10.1. The van der Waals surface area contributed by atoms with Gasteiger partial charge in [0.05, 0.1) is 24.2 Å². The van der Waals surface area contributed by atoms with Crippen LogP contribution in [0.25, 0.3) is 5.69 Å². The molecule has 3 rings (SSSR count). The summed E-state index contributed by atoms with van der Waals surface area (Å²) in [6.45, 7) is 5.81.